The summed E-state index contributed by atoms with van der Waals surface area (Å²) in [5.74, 6) is 0. The van der Waals surface area contributed by atoms with Crippen molar-refractivity contribution in [3.8, 4) is 0 Å². The van der Waals surface area contributed by atoms with E-state index < -0.39 is 0 Å². The predicted octanol–water partition coefficient (Wildman–Crippen LogP) is 5.15. The summed E-state index contributed by atoms with van der Waals surface area (Å²) >= 11 is 13.0. The molecule has 0 saturated heterocycles. The molecule has 1 unspecified atom stereocenters. The highest BCUT2D eigenvalue weighted by atomic mass is 79.9. The lowest BCUT2D eigenvalue weighted by Crippen LogP contribution is -2.23. The molecule has 0 fully saturated rings. The standard InChI is InChI=1S/C15H15Br2ClN2/c1-2-20-15(6-10-5-12(16)9-19-8-10)11-3-4-14(18)13(17)7-11/h3-5,7-9,15,20H,2,6H2,1H3. The molecule has 0 radical (unpaired) electrons. The molecule has 2 rings (SSSR count). The Morgan fingerprint density at radius 1 is 1.25 bits per heavy atom. The minimum Gasteiger partial charge on any atom is -0.310 e. The predicted molar refractivity (Wildman–Crippen MR) is 91.2 cm³/mol. The van der Waals surface area contributed by atoms with Gasteiger partial charge in [0.05, 0.1) is 5.02 Å². The smallest absolute Gasteiger partial charge is 0.0548 e. The van der Waals surface area contributed by atoms with E-state index in [1.165, 1.54) is 11.1 Å². The maximum atomic E-state index is 6.06. The molecule has 0 aliphatic carbocycles. The van der Waals surface area contributed by atoms with Gasteiger partial charge in [-0.05, 0) is 74.2 Å². The topological polar surface area (TPSA) is 24.9 Å². The van der Waals surface area contributed by atoms with Crippen LogP contribution in [-0.4, -0.2) is 11.5 Å². The molecule has 1 N–H and O–H groups in total. The van der Waals surface area contributed by atoms with E-state index in [1.807, 2.05) is 12.3 Å². The third-order valence-corrected chi connectivity index (χ3v) is 4.65. The Hall–Kier alpha value is -0.420. The summed E-state index contributed by atoms with van der Waals surface area (Å²) in [5, 5.41) is 4.24. The highest BCUT2D eigenvalue weighted by Crippen LogP contribution is 2.27. The lowest BCUT2D eigenvalue weighted by molar-refractivity contribution is 0.549. The molecular weight excluding hydrogens is 403 g/mol. The summed E-state index contributed by atoms with van der Waals surface area (Å²) in [6.45, 7) is 3.02. The first-order valence-corrected chi connectivity index (χ1v) is 8.34. The van der Waals surface area contributed by atoms with Gasteiger partial charge in [0, 0.05) is 27.4 Å². The summed E-state index contributed by atoms with van der Waals surface area (Å²) in [7, 11) is 0. The average molecular weight is 419 g/mol. The van der Waals surface area contributed by atoms with Crippen LogP contribution in [0, 0.1) is 0 Å². The monoisotopic (exact) mass is 416 g/mol. The van der Waals surface area contributed by atoms with E-state index in [0.29, 0.717) is 0 Å². The molecule has 5 heteroatoms. The van der Waals surface area contributed by atoms with Crippen molar-refractivity contribution in [2.24, 2.45) is 0 Å². The Labute approximate surface area is 141 Å². The maximum Gasteiger partial charge on any atom is 0.0548 e. The van der Waals surface area contributed by atoms with Crippen molar-refractivity contribution in [3.63, 3.8) is 0 Å². The van der Waals surface area contributed by atoms with E-state index in [4.69, 9.17) is 11.6 Å². The number of halogens is 3. The normalized spacial score (nSPS) is 12.4. The van der Waals surface area contributed by atoms with Gasteiger partial charge >= 0.3 is 0 Å². The number of nitrogens with one attached hydrogen (secondary N) is 1. The third kappa shape index (κ3) is 4.29. The summed E-state index contributed by atoms with van der Waals surface area (Å²) in [5.41, 5.74) is 2.40. The Balaban J connectivity index is 2.24. The molecule has 0 aliphatic heterocycles. The van der Waals surface area contributed by atoms with Gasteiger partial charge in [-0.1, -0.05) is 24.6 Å². The first-order chi connectivity index (χ1) is 9.60. The fraction of sp³-hybridized carbons (Fsp3) is 0.267. The van der Waals surface area contributed by atoms with E-state index in [9.17, 15) is 0 Å². The zero-order valence-corrected chi connectivity index (χ0v) is 15.0. The van der Waals surface area contributed by atoms with E-state index in [-0.39, 0.29) is 6.04 Å². The Morgan fingerprint density at radius 2 is 2.05 bits per heavy atom. The number of likely N-dealkylation sites (N-methyl/N-ethyl adjacent to an activating group) is 1. The number of nitrogens with zero attached hydrogens (tertiary/aromatic N) is 1. The van der Waals surface area contributed by atoms with Crippen LogP contribution in [0.4, 0.5) is 0 Å². The van der Waals surface area contributed by atoms with Gasteiger partial charge in [0.1, 0.15) is 0 Å². The number of hydrogen-bond donors (Lipinski definition) is 1. The van der Waals surface area contributed by atoms with Crippen molar-refractivity contribution >= 4 is 43.5 Å². The number of hydrogen-bond acceptors (Lipinski definition) is 2. The van der Waals surface area contributed by atoms with Crippen LogP contribution in [0.25, 0.3) is 0 Å². The number of rotatable bonds is 5. The maximum absolute atomic E-state index is 6.06. The Kier molecular flexibility index (Phi) is 6.02. The SMILES string of the molecule is CCNC(Cc1cncc(Br)c1)c1ccc(Cl)c(Br)c1. The zero-order valence-electron chi connectivity index (χ0n) is 11.0. The first-order valence-electron chi connectivity index (χ1n) is 6.38. The lowest BCUT2D eigenvalue weighted by Gasteiger charge is -2.19. The van der Waals surface area contributed by atoms with E-state index >= 15 is 0 Å². The molecule has 0 aliphatic rings. The fourth-order valence-electron chi connectivity index (χ4n) is 2.09. The van der Waals surface area contributed by atoms with E-state index in [0.717, 1.165) is 26.9 Å². The summed E-state index contributed by atoms with van der Waals surface area (Å²) in [6.07, 6.45) is 4.58. The largest absolute Gasteiger partial charge is 0.310 e. The second-order valence-electron chi connectivity index (χ2n) is 4.50. The number of benzene rings is 1. The molecule has 0 spiro atoms. The average Bonchev–Trinajstić information content (AvgIpc) is 2.41. The minimum atomic E-state index is 0.240. The van der Waals surface area contributed by atoms with Crippen LogP contribution in [0.2, 0.25) is 5.02 Å². The first kappa shape index (κ1) is 16.0. The van der Waals surface area contributed by atoms with Crippen molar-refractivity contribution in [1.82, 2.24) is 10.3 Å². The molecular formula is C15H15Br2ClN2. The molecule has 0 amide bonds. The molecule has 106 valence electrons. The van der Waals surface area contributed by atoms with Crippen LogP contribution in [0.5, 0.6) is 0 Å². The molecule has 20 heavy (non-hydrogen) atoms. The van der Waals surface area contributed by atoms with Gasteiger partial charge in [-0.3, -0.25) is 4.98 Å². The second kappa shape index (κ2) is 7.55. The van der Waals surface area contributed by atoms with Gasteiger partial charge in [0.15, 0.2) is 0 Å². The summed E-state index contributed by atoms with van der Waals surface area (Å²) in [4.78, 5) is 4.22. The molecule has 1 aromatic carbocycles. The molecule has 0 saturated carbocycles. The zero-order chi connectivity index (χ0) is 14.5. The van der Waals surface area contributed by atoms with Crippen LogP contribution in [0.15, 0.2) is 45.6 Å². The second-order valence-corrected chi connectivity index (χ2v) is 6.68. The summed E-state index contributed by atoms with van der Waals surface area (Å²) in [6, 6.07) is 8.39. The van der Waals surface area contributed by atoms with Gasteiger partial charge in [-0.15, -0.1) is 0 Å². The van der Waals surface area contributed by atoms with Crippen LogP contribution in [0.1, 0.15) is 24.1 Å². The highest BCUT2D eigenvalue weighted by Gasteiger charge is 2.13. The summed E-state index contributed by atoms with van der Waals surface area (Å²) < 4.78 is 1.93. The van der Waals surface area contributed by atoms with Crippen LogP contribution in [-0.2, 0) is 6.42 Å². The van der Waals surface area contributed by atoms with Crippen molar-refractivity contribution in [2.45, 2.75) is 19.4 Å². The van der Waals surface area contributed by atoms with Gasteiger partial charge in [-0.25, -0.2) is 0 Å². The van der Waals surface area contributed by atoms with Gasteiger partial charge in [0.25, 0.3) is 0 Å². The van der Waals surface area contributed by atoms with Crippen LogP contribution < -0.4 is 5.32 Å². The van der Waals surface area contributed by atoms with E-state index in [1.54, 1.807) is 6.20 Å². The molecule has 0 bridgehead atoms. The van der Waals surface area contributed by atoms with Crippen molar-refractivity contribution in [1.29, 1.82) is 0 Å². The van der Waals surface area contributed by atoms with Crippen molar-refractivity contribution < 1.29 is 0 Å². The minimum absolute atomic E-state index is 0.240. The highest BCUT2D eigenvalue weighted by molar-refractivity contribution is 9.10. The van der Waals surface area contributed by atoms with Crippen LogP contribution >= 0.6 is 43.5 Å². The van der Waals surface area contributed by atoms with Crippen molar-refractivity contribution in [3.05, 3.63) is 61.8 Å². The van der Waals surface area contributed by atoms with Gasteiger partial charge in [0.2, 0.25) is 0 Å². The number of pyridine rings is 1. The molecule has 2 nitrogen and oxygen atoms in total. The molecule has 1 aromatic heterocycles. The Morgan fingerprint density at radius 3 is 2.70 bits per heavy atom. The van der Waals surface area contributed by atoms with Crippen molar-refractivity contribution in [2.75, 3.05) is 6.54 Å². The number of aromatic nitrogens is 1. The fourth-order valence-corrected chi connectivity index (χ4v) is 3.01. The lowest BCUT2D eigenvalue weighted by atomic mass is 10.00. The molecule has 1 heterocycles. The van der Waals surface area contributed by atoms with E-state index in [2.05, 4.69) is 67.3 Å². The van der Waals surface area contributed by atoms with Gasteiger partial charge in [-0.2, -0.15) is 0 Å². The van der Waals surface area contributed by atoms with Gasteiger partial charge < -0.3 is 5.32 Å². The molecule has 1 atom stereocenters. The quantitative estimate of drug-likeness (QED) is 0.726. The van der Waals surface area contributed by atoms with Crippen LogP contribution in [0.3, 0.4) is 0 Å². The molecule has 2 aromatic rings. The third-order valence-electron chi connectivity index (χ3n) is 3.00. The Bertz CT molecular complexity index is 590.